The Balaban J connectivity index is 2.59. The summed E-state index contributed by atoms with van der Waals surface area (Å²) >= 11 is 4.93. The van der Waals surface area contributed by atoms with E-state index < -0.39 is 0 Å². The average molecular weight is 335 g/mol. The van der Waals surface area contributed by atoms with Crippen LogP contribution >= 0.6 is 27.3 Å². The number of ether oxygens (including phenoxy) is 1. The van der Waals surface area contributed by atoms with Crippen molar-refractivity contribution < 1.29 is 4.74 Å². The van der Waals surface area contributed by atoms with E-state index >= 15 is 0 Å². The summed E-state index contributed by atoms with van der Waals surface area (Å²) in [4.78, 5) is 0.856. The van der Waals surface area contributed by atoms with Gasteiger partial charge in [0.25, 0.3) is 0 Å². The molecule has 19 heavy (non-hydrogen) atoms. The maximum atomic E-state index is 9.32. The van der Waals surface area contributed by atoms with E-state index in [1.54, 1.807) is 7.11 Å². The van der Waals surface area contributed by atoms with Crippen molar-refractivity contribution in [2.75, 3.05) is 7.11 Å². The molecular weight excluding hydrogens is 324 g/mol. The molecule has 5 heteroatoms. The van der Waals surface area contributed by atoms with Gasteiger partial charge in [-0.05, 0) is 29.6 Å². The molecule has 2 rings (SSSR count). The fourth-order valence-electron chi connectivity index (χ4n) is 1.64. The van der Waals surface area contributed by atoms with Crippen molar-refractivity contribution >= 4 is 38.5 Å². The molecule has 0 fully saturated rings. The lowest BCUT2D eigenvalue weighted by molar-refractivity contribution is 0.414. The molecule has 0 aliphatic carbocycles. The van der Waals surface area contributed by atoms with E-state index in [-0.39, 0.29) is 0 Å². The number of methoxy groups -OCH3 is 1. The predicted octanol–water partition coefficient (Wildman–Crippen LogP) is 3.87. The van der Waals surface area contributed by atoms with Crippen molar-refractivity contribution in [2.45, 2.75) is 0 Å². The van der Waals surface area contributed by atoms with E-state index in [0.717, 1.165) is 14.9 Å². The number of hydrogen-bond acceptors (Lipinski definition) is 4. The predicted molar refractivity (Wildman–Crippen MR) is 81.6 cm³/mol. The van der Waals surface area contributed by atoms with Gasteiger partial charge >= 0.3 is 0 Å². The third-order valence-corrected chi connectivity index (χ3v) is 4.19. The van der Waals surface area contributed by atoms with Crippen LogP contribution in [0.25, 0.3) is 11.3 Å². The van der Waals surface area contributed by atoms with Crippen LogP contribution < -0.4 is 10.5 Å². The van der Waals surface area contributed by atoms with Crippen molar-refractivity contribution in [3.63, 3.8) is 0 Å². The molecule has 1 aromatic heterocycles. The second kappa shape index (κ2) is 5.91. The number of benzene rings is 1. The second-order valence-electron chi connectivity index (χ2n) is 3.72. The van der Waals surface area contributed by atoms with Crippen molar-refractivity contribution in [3.05, 3.63) is 50.6 Å². The Kier molecular flexibility index (Phi) is 4.25. The van der Waals surface area contributed by atoms with Crippen LogP contribution in [-0.4, -0.2) is 7.11 Å². The molecule has 1 heterocycles. The number of allylic oxidation sites excluding steroid dienone is 1. The highest BCUT2D eigenvalue weighted by molar-refractivity contribution is 9.10. The lowest BCUT2D eigenvalue weighted by Crippen LogP contribution is -2.01. The van der Waals surface area contributed by atoms with Gasteiger partial charge in [0.2, 0.25) is 0 Å². The maximum absolute atomic E-state index is 9.32. The summed E-state index contributed by atoms with van der Waals surface area (Å²) in [6.45, 7) is 0. The summed E-state index contributed by atoms with van der Waals surface area (Å²) in [6, 6.07) is 11.4. The molecule has 0 amide bonds. The quantitative estimate of drug-likeness (QED) is 0.866. The Morgan fingerprint density at radius 1 is 1.42 bits per heavy atom. The molecule has 1 aromatic carbocycles. The van der Waals surface area contributed by atoms with Gasteiger partial charge in [-0.3, -0.25) is 0 Å². The van der Waals surface area contributed by atoms with Crippen LogP contribution in [0.1, 0.15) is 10.4 Å². The summed E-state index contributed by atoms with van der Waals surface area (Å²) in [6.07, 6.45) is 0. The molecule has 2 aromatic rings. The Morgan fingerprint density at radius 2 is 2.21 bits per heavy atom. The van der Waals surface area contributed by atoms with Gasteiger partial charge in [-0.25, -0.2) is 0 Å². The molecule has 96 valence electrons. The zero-order valence-corrected chi connectivity index (χ0v) is 12.6. The standard InChI is InChI=1S/C14H11BrN2OS/c1-18-9-4-5-12(15)10(7-9)14(17)11(8-16)13-3-2-6-19-13/h2-7H,17H2,1H3/b14-11+. The van der Waals surface area contributed by atoms with Crippen molar-refractivity contribution in [1.82, 2.24) is 0 Å². The van der Waals surface area contributed by atoms with Crippen molar-refractivity contribution in [3.8, 4) is 11.8 Å². The molecule has 0 radical (unpaired) electrons. The minimum absolute atomic E-state index is 0.440. The summed E-state index contributed by atoms with van der Waals surface area (Å²) in [5.74, 6) is 0.699. The lowest BCUT2D eigenvalue weighted by atomic mass is 10.1. The number of halogens is 1. The van der Waals surface area contributed by atoms with Gasteiger partial charge in [-0.15, -0.1) is 11.3 Å². The van der Waals surface area contributed by atoms with Gasteiger partial charge in [0.15, 0.2) is 0 Å². The molecule has 0 saturated heterocycles. The monoisotopic (exact) mass is 334 g/mol. The van der Waals surface area contributed by atoms with E-state index in [2.05, 4.69) is 22.0 Å². The molecule has 0 spiro atoms. The molecule has 3 nitrogen and oxygen atoms in total. The topological polar surface area (TPSA) is 59.0 Å². The van der Waals surface area contributed by atoms with Crippen LogP contribution in [0.2, 0.25) is 0 Å². The molecule has 0 unspecified atom stereocenters. The first-order chi connectivity index (χ1) is 9.17. The van der Waals surface area contributed by atoms with Crippen LogP contribution in [0.15, 0.2) is 40.2 Å². The summed E-state index contributed by atoms with van der Waals surface area (Å²) < 4.78 is 6.01. The highest BCUT2D eigenvalue weighted by atomic mass is 79.9. The molecule has 2 N–H and O–H groups in total. The minimum atomic E-state index is 0.440. The summed E-state index contributed by atoms with van der Waals surface area (Å²) in [5.41, 5.74) is 7.81. The number of thiophene rings is 1. The smallest absolute Gasteiger partial charge is 0.119 e. The molecular formula is C14H11BrN2OS. The van der Waals surface area contributed by atoms with E-state index in [0.29, 0.717) is 17.0 Å². The van der Waals surface area contributed by atoms with Crippen LogP contribution in [0.5, 0.6) is 5.75 Å². The van der Waals surface area contributed by atoms with E-state index in [9.17, 15) is 5.26 Å². The first-order valence-corrected chi connectivity index (χ1v) is 7.12. The minimum Gasteiger partial charge on any atom is -0.497 e. The van der Waals surface area contributed by atoms with Crippen LogP contribution in [0, 0.1) is 11.3 Å². The number of nitrogens with two attached hydrogens (primary N) is 1. The van der Waals surface area contributed by atoms with E-state index in [1.807, 2.05) is 35.7 Å². The second-order valence-corrected chi connectivity index (χ2v) is 5.53. The Labute approximate surface area is 124 Å². The number of hydrogen-bond donors (Lipinski definition) is 1. The van der Waals surface area contributed by atoms with Crippen molar-refractivity contribution in [1.29, 1.82) is 5.26 Å². The van der Waals surface area contributed by atoms with E-state index in [1.165, 1.54) is 11.3 Å². The lowest BCUT2D eigenvalue weighted by Gasteiger charge is -2.09. The zero-order chi connectivity index (χ0) is 13.8. The first-order valence-electron chi connectivity index (χ1n) is 5.45. The highest BCUT2D eigenvalue weighted by Gasteiger charge is 2.12. The fraction of sp³-hybridized carbons (Fsp3) is 0.0714. The van der Waals surface area contributed by atoms with Gasteiger partial charge < -0.3 is 10.5 Å². The normalized spacial score (nSPS) is 11.6. The Morgan fingerprint density at radius 3 is 2.79 bits per heavy atom. The van der Waals surface area contributed by atoms with Crippen molar-refractivity contribution in [2.24, 2.45) is 5.73 Å². The zero-order valence-electron chi connectivity index (χ0n) is 10.2. The fourth-order valence-corrected chi connectivity index (χ4v) is 2.84. The highest BCUT2D eigenvalue weighted by Crippen LogP contribution is 2.31. The Bertz CT molecular complexity index is 657. The molecule has 0 saturated carbocycles. The number of rotatable bonds is 3. The largest absolute Gasteiger partial charge is 0.497 e. The van der Waals surface area contributed by atoms with Crippen LogP contribution in [0.3, 0.4) is 0 Å². The van der Waals surface area contributed by atoms with Gasteiger partial charge in [-0.1, -0.05) is 22.0 Å². The van der Waals surface area contributed by atoms with Crippen LogP contribution in [0.4, 0.5) is 0 Å². The SMILES string of the molecule is COc1ccc(Br)c(/C(N)=C(/C#N)c2cccs2)c1. The van der Waals surface area contributed by atoms with Gasteiger partial charge in [0.1, 0.15) is 11.8 Å². The molecule has 0 atom stereocenters. The van der Waals surface area contributed by atoms with Gasteiger partial charge in [0, 0.05) is 14.9 Å². The maximum Gasteiger partial charge on any atom is 0.119 e. The summed E-state index contributed by atoms with van der Waals surface area (Å²) in [7, 11) is 1.59. The third kappa shape index (κ3) is 2.80. The Hall–Kier alpha value is -1.77. The molecule has 0 aliphatic rings. The van der Waals surface area contributed by atoms with Gasteiger partial charge in [0.05, 0.1) is 18.4 Å². The number of nitriles is 1. The number of nitrogens with zero attached hydrogens (tertiary/aromatic N) is 1. The average Bonchev–Trinajstić information content (AvgIpc) is 2.94. The van der Waals surface area contributed by atoms with E-state index in [4.69, 9.17) is 10.5 Å². The molecule has 0 aliphatic heterocycles. The van der Waals surface area contributed by atoms with Gasteiger partial charge in [-0.2, -0.15) is 5.26 Å². The van der Waals surface area contributed by atoms with Crippen LogP contribution in [-0.2, 0) is 0 Å². The third-order valence-electron chi connectivity index (χ3n) is 2.61. The molecule has 0 bridgehead atoms. The summed E-state index contributed by atoms with van der Waals surface area (Å²) in [5, 5.41) is 11.2. The first kappa shape index (κ1) is 13.7.